The molecule has 0 saturated heterocycles. The zero-order valence-electron chi connectivity index (χ0n) is 15.1. The number of nitrogens with one attached hydrogen (secondary N) is 1. The summed E-state index contributed by atoms with van der Waals surface area (Å²) in [5, 5.41) is 10.5. The molecule has 1 atom stereocenters. The number of anilines is 2. The highest BCUT2D eigenvalue weighted by atomic mass is 16.2. The van der Waals surface area contributed by atoms with Gasteiger partial charge in [0.15, 0.2) is 0 Å². The predicted octanol–water partition coefficient (Wildman–Crippen LogP) is 1.19. The molecule has 9 heteroatoms. The molecule has 1 aliphatic rings. The van der Waals surface area contributed by atoms with Crippen LogP contribution >= 0.6 is 0 Å². The first-order valence-corrected chi connectivity index (χ1v) is 8.84. The number of tetrazole rings is 1. The van der Waals surface area contributed by atoms with E-state index in [-0.39, 0.29) is 30.8 Å². The first-order chi connectivity index (χ1) is 13.5. The van der Waals surface area contributed by atoms with Crippen LogP contribution in [0.2, 0.25) is 0 Å². The summed E-state index contributed by atoms with van der Waals surface area (Å²) in [5.74, 6) is -0.513. The molecule has 1 N–H and O–H groups in total. The Kier molecular flexibility index (Phi) is 4.48. The molecule has 3 aromatic rings. The zero-order chi connectivity index (χ0) is 19.7. The molecule has 0 fully saturated rings. The molecule has 0 unspecified atom stereocenters. The molecule has 1 aromatic heterocycles. The van der Waals surface area contributed by atoms with Crippen molar-refractivity contribution in [1.82, 2.24) is 19.8 Å². The van der Waals surface area contributed by atoms with E-state index < -0.39 is 5.69 Å². The van der Waals surface area contributed by atoms with Crippen LogP contribution in [0.5, 0.6) is 0 Å². The quantitative estimate of drug-likeness (QED) is 0.738. The third kappa shape index (κ3) is 3.18. The van der Waals surface area contributed by atoms with Crippen molar-refractivity contribution in [2.24, 2.45) is 0 Å². The van der Waals surface area contributed by atoms with Gasteiger partial charge in [-0.15, -0.1) is 0 Å². The van der Waals surface area contributed by atoms with Crippen LogP contribution in [0.1, 0.15) is 13.3 Å². The van der Waals surface area contributed by atoms with Gasteiger partial charge in [-0.3, -0.25) is 9.59 Å². The maximum atomic E-state index is 13.0. The normalized spacial score (nSPS) is 16.2. The number of hydrogen-bond acceptors (Lipinski definition) is 5. The van der Waals surface area contributed by atoms with Crippen molar-refractivity contribution in [3.05, 3.63) is 65.1 Å². The average Bonchev–Trinajstić information content (AvgIpc) is 2.97. The van der Waals surface area contributed by atoms with Gasteiger partial charge in [0, 0.05) is 12.5 Å². The lowest BCUT2D eigenvalue weighted by Crippen LogP contribution is -2.42. The Balaban J connectivity index is 1.65. The number of fused-ring (bicyclic) bond motifs is 1. The first kappa shape index (κ1) is 17.7. The third-order valence-electron chi connectivity index (χ3n) is 4.55. The molecule has 2 heterocycles. The molecule has 1 aliphatic heterocycles. The maximum absolute atomic E-state index is 13.0. The summed E-state index contributed by atoms with van der Waals surface area (Å²) < 4.78 is 2.16. The van der Waals surface area contributed by atoms with E-state index in [0.717, 1.165) is 9.36 Å². The Labute approximate surface area is 160 Å². The molecule has 0 bridgehead atoms. The van der Waals surface area contributed by atoms with Gasteiger partial charge in [-0.05, 0) is 41.6 Å². The second-order valence-electron chi connectivity index (χ2n) is 6.55. The van der Waals surface area contributed by atoms with E-state index in [0.29, 0.717) is 17.1 Å². The smallest absolute Gasteiger partial charge is 0.324 e. The monoisotopic (exact) mass is 378 g/mol. The molecule has 0 saturated carbocycles. The number of carbonyl (C=O) groups is 2. The van der Waals surface area contributed by atoms with E-state index >= 15 is 0 Å². The summed E-state index contributed by atoms with van der Waals surface area (Å²) in [6.45, 7) is 1.52. The van der Waals surface area contributed by atoms with Crippen molar-refractivity contribution in [2.45, 2.75) is 25.9 Å². The minimum atomic E-state index is -0.510. The number of carbonyl (C=O) groups excluding carboxylic acids is 2. The van der Waals surface area contributed by atoms with Crippen molar-refractivity contribution < 1.29 is 9.59 Å². The molecule has 28 heavy (non-hydrogen) atoms. The van der Waals surface area contributed by atoms with Gasteiger partial charge < -0.3 is 10.2 Å². The van der Waals surface area contributed by atoms with Gasteiger partial charge >= 0.3 is 5.69 Å². The summed E-state index contributed by atoms with van der Waals surface area (Å²) >= 11 is 0. The lowest BCUT2D eigenvalue weighted by Gasteiger charge is -2.27. The number of nitrogens with zero attached hydrogens (tertiary/aromatic N) is 5. The summed E-state index contributed by atoms with van der Waals surface area (Å²) in [6.07, 6.45) is 0.159. The van der Waals surface area contributed by atoms with Crippen LogP contribution in [0.3, 0.4) is 0 Å². The van der Waals surface area contributed by atoms with Gasteiger partial charge in [0.25, 0.3) is 0 Å². The lowest BCUT2D eigenvalue weighted by atomic mass is 10.1. The maximum Gasteiger partial charge on any atom is 0.368 e. The van der Waals surface area contributed by atoms with Crippen molar-refractivity contribution in [3.8, 4) is 5.69 Å². The SMILES string of the molecule is C[C@@H]1CC(=O)Nc2ccccc2N1C(=O)Cn1nnn(-c2ccccc2)c1=O. The number of para-hydroxylation sites is 3. The first-order valence-electron chi connectivity index (χ1n) is 8.84. The van der Waals surface area contributed by atoms with Gasteiger partial charge in [0.1, 0.15) is 6.54 Å². The lowest BCUT2D eigenvalue weighted by molar-refractivity contribution is -0.120. The van der Waals surface area contributed by atoms with Crippen molar-refractivity contribution in [2.75, 3.05) is 10.2 Å². The summed E-state index contributed by atoms with van der Waals surface area (Å²) in [4.78, 5) is 39.2. The second kappa shape index (κ2) is 7.10. The molecule has 2 amide bonds. The minimum absolute atomic E-state index is 0.159. The van der Waals surface area contributed by atoms with Gasteiger partial charge in [-0.2, -0.15) is 9.36 Å². The van der Waals surface area contributed by atoms with E-state index in [1.165, 1.54) is 4.90 Å². The van der Waals surface area contributed by atoms with E-state index in [4.69, 9.17) is 0 Å². The average molecular weight is 378 g/mol. The number of rotatable bonds is 3. The largest absolute Gasteiger partial charge is 0.368 e. The van der Waals surface area contributed by atoms with Crippen molar-refractivity contribution in [3.63, 3.8) is 0 Å². The molecule has 142 valence electrons. The fraction of sp³-hybridized carbons (Fsp3) is 0.211. The molecule has 4 rings (SSSR count). The highest BCUT2D eigenvalue weighted by Crippen LogP contribution is 2.31. The van der Waals surface area contributed by atoms with E-state index in [2.05, 4.69) is 15.7 Å². The molecule has 0 radical (unpaired) electrons. The van der Waals surface area contributed by atoms with Crippen LogP contribution < -0.4 is 15.9 Å². The predicted molar refractivity (Wildman–Crippen MR) is 102 cm³/mol. The second-order valence-corrected chi connectivity index (χ2v) is 6.55. The van der Waals surface area contributed by atoms with Crippen molar-refractivity contribution in [1.29, 1.82) is 0 Å². The van der Waals surface area contributed by atoms with E-state index in [9.17, 15) is 14.4 Å². The summed E-state index contributed by atoms with van der Waals surface area (Å²) in [5.41, 5.74) is 1.21. The van der Waals surface area contributed by atoms with Crippen LogP contribution in [0.15, 0.2) is 59.4 Å². The van der Waals surface area contributed by atoms with Crippen LogP contribution in [0.4, 0.5) is 11.4 Å². The van der Waals surface area contributed by atoms with Gasteiger partial charge in [0.2, 0.25) is 11.8 Å². The summed E-state index contributed by atoms with van der Waals surface area (Å²) in [7, 11) is 0. The fourth-order valence-electron chi connectivity index (χ4n) is 3.28. The molecular weight excluding hydrogens is 360 g/mol. The Morgan fingerprint density at radius 3 is 2.57 bits per heavy atom. The number of hydrogen-bond donors (Lipinski definition) is 1. The Bertz CT molecular complexity index is 1090. The Hall–Kier alpha value is -3.75. The van der Waals surface area contributed by atoms with Gasteiger partial charge in [-0.1, -0.05) is 30.3 Å². The number of amides is 2. The van der Waals surface area contributed by atoms with E-state index in [1.807, 2.05) is 6.07 Å². The summed E-state index contributed by atoms with van der Waals surface area (Å²) in [6, 6.07) is 15.6. The number of aromatic nitrogens is 4. The Morgan fingerprint density at radius 1 is 1.07 bits per heavy atom. The van der Waals surface area contributed by atoms with Crippen molar-refractivity contribution >= 4 is 23.2 Å². The fourth-order valence-corrected chi connectivity index (χ4v) is 3.28. The molecular formula is C19H18N6O3. The van der Waals surface area contributed by atoms with Crippen LogP contribution in [0.25, 0.3) is 5.69 Å². The standard InChI is InChI=1S/C19H18N6O3/c1-13-11-17(26)20-15-9-5-6-10-16(15)24(13)18(27)12-23-19(28)25(22-21-23)14-7-3-2-4-8-14/h2-10,13H,11-12H2,1H3,(H,20,26)/t13-/m1/s1. The minimum Gasteiger partial charge on any atom is -0.324 e. The molecule has 2 aromatic carbocycles. The van der Waals surface area contributed by atoms with Crippen LogP contribution in [-0.2, 0) is 16.1 Å². The Morgan fingerprint density at radius 2 is 1.79 bits per heavy atom. The molecule has 0 aliphatic carbocycles. The highest BCUT2D eigenvalue weighted by molar-refractivity contribution is 6.04. The topological polar surface area (TPSA) is 102 Å². The van der Waals surface area contributed by atoms with Gasteiger partial charge in [-0.25, -0.2) is 4.79 Å². The van der Waals surface area contributed by atoms with E-state index in [1.54, 1.807) is 55.5 Å². The van der Waals surface area contributed by atoms with Crippen LogP contribution in [0, 0.1) is 0 Å². The van der Waals surface area contributed by atoms with Gasteiger partial charge in [0.05, 0.1) is 17.1 Å². The number of benzene rings is 2. The zero-order valence-corrected chi connectivity index (χ0v) is 15.1. The third-order valence-corrected chi connectivity index (χ3v) is 4.55. The molecule has 9 nitrogen and oxygen atoms in total. The highest BCUT2D eigenvalue weighted by Gasteiger charge is 2.30. The van der Waals surface area contributed by atoms with Crippen LogP contribution in [-0.4, -0.2) is 37.6 Å². The molecule has 0 spiro atoms.